The van der Waals surface area contributed by atoms with Gasteiger partial charge in [0.2, 0.25) is 0 Å². The van der Waals surface area contributed by atoms with Crippen molar-refractivity contribution < 1.29 is 4.74 Å². The van der Waals surface area contributed by atoms with Crippen molar-refractivity contribution in [1.29, 1.82) is 0 Å². The molecular weight excluding hydrogens is 218 g/mol. The zero-order valence-corrected chi connectivity index (χ0v) is 11.3. The molecule has 2 fully saturated rings. The van der Waals surface area contributed by atoms with Crippen LogP contribution < -0.4 is 0 Å². The van der Waals surface area contributed by atoms with Gasteiger partial charge in [-0.1, -0.05) is 12.8 Å². The van der Waals surface area contributed by atoms with E-state index in [0.717, 1.165) is 18.9 Å². The van der Waals surface area contributed by atoms with Crippen LogP contribution in [0.2, 0.25) is 0 Å². The van der Waals surface area contributed by atoms with Crippen molar-refractivity contribution in [3.63, 3.8) is 0 Å². The van der Waals surface area contributed by atoms with Gasteiger partial charge in [0.25, 0.3) is 0 Å². The van der Waals surface area contributed by atoms with Gasteiger partial charge in [0.1, 0.15) is 0 Å². The maximum atomic E-state index is 5.70. The summed E-state index contributed by atoms with van der Waals surface area (Å²) in [6.07, 6.45) is 7.15. The van der Waals surface area contributed by atoms with E-state index in [1.54, 1.807) is 0 Å². The first-order valence-electron chi connectivity index (χ1n) is 6.69. The molecule has 16 heavy (non-hydrogen) atoms. The number of rotatable bonds is 3. The molecule has 3 heteroatoms. The Kier molecular flexibility index (Phi) is 4.57. The second-order valence-corrected chi connectivity index (χ2v) is 5.95. The topological polar surface area (TPSA) is 12.5 Å². The normalized spacial score (nSPS) is 31.5. The van der Waals surface area contributed by atoms with Gasteiger partial charge in [0.05, 0.1) is 6.10 Å². The van der Waals surface area contributed by atoms with E-state index in [0.29, 0.717) is 11.5 Å². The van der Waals surface area contributed by atoms with Gasteiger partial charge >= 0.3 is 0 Å². The third-order valence-electron chi connectivity index (χ3n) is 4.09. The smallest absolute Gasteiger partial charge is 0.0673 e. The second kappa shape index (κ2) is 5.74. The summed E-state index contributed by atoms with van der Waals surface area (Å²) < 4.78 is 5.70. The molecule has 1 saturated heterocycles. The van der Waals surface area contributed by atoms with E-state index in [4.69, 9.17) is 4.74 Å². The SMILES string of the molecule is CC1CN(CC2(CS)CCCC2)CCCO1. The lowest BCUT2D eigenvalue weighted by atomic mass is 9.87. The zero-order chi connectivity index (χ0) is 11.4. The molecule has 0 aromatic heterocycles. The van der Waals surface area contributed by atoms with E-state index in [9.17, 15) is 0 Å². The predicted molar refractivity (Wildman–Crippen MR) is 71.2 cm³/mol. The quantitative estimate of drug-likeness (QED) is 0.765. The molecule has 0 aromatic rings. The average Bonchev–Trinajstić information content (AvgIpc) is 2.64. The molecule has 2 nitrogen and oxygen atoms in total. The van der Waals surface area contributed by atoms with Crippen LogP contribution in [-0.2, 0) is 4.74 Å². The molecule has 1 saturated carbocycles. The summed E-state index contributed by atoms with van der Waals surface area (Å²) in [4.78, 5) is 2.61. The summed E-state index contributed by atoms with van der Waals surface area (Å²) in [5.74, 6) is 1.05. The Bertz CT molecular complexity index is 216. The van der Waals surface area contributed by atoms with Gasteiger partial charge in [-0.05, 0) is 37.4 Å². The Morgan fingerprint density at radius 3 is 2.75 bits per heavy atom. The van der Waals surface area contributed by atoms with Crippen LogP contribution in [0, 0.1) is 5.41 Å². The number of hydrogen-bond acceptors (Lipinski definition) is 3. The summed E-state index contributed by atoms with van der Waals surface area (Å²) in [6, 6.07) is 0. The summed E-state index contributed by atoms with van der Waals surface area (Å²) >= 11 is 4.59. The highest BCUT2D eigenvalue weighted by Gasteiger charge is 2.34. The molecule has 2 rings (SSSR count). The Hall–Kier alpha value is 0.270. The van der Waals surface area contributed by atoms with Gasteiger partial charge in [-0.15, -0.1) is 0 Å². The molecule has 0 bridgehead atoms. The Morgan fingerprint density at radius 2 is 2.06 bits per heavy atom. The number of ether oxygens (including phenoxy) is 1. The second-order valence-electron chi connectivity index (χ2n) is 5.64. The molecule has 0 amide bonds. The fourth-order valence-electron chi connectivity index (χ4n) is 3.19. The van der Waals surface area contributed by atoms with E-state index < -0.39 is 0 Å². The Morgan fingerprint density at radius 1 is 1.31 bits per heavy atom. The Balaban J connectivity index is 1.91. The molecule has 1 aliphatic heterocycles. The van der Waals surface area contributed by atoms with Crippen LogP contribution in [-0.4, -0.2) is 43.0 Å². The minimum absolute atomic E-state index is 0.404. The lowest BCUT2D eigenvalue weighted by Crippen LogP contribution is -2.40. The minimum atomic E-state index is 0.404. The first-order valence-corrected chi connectivity index (χ1v) is 7.32. The fraction of sp³-hybridized carbons (Fsp3) is 1.00. The first-order chi connectivity index (χ1) is 7.74. The predicted octanol–water partition coefficient (Wildman–Crippen LogP) is 2.59. The lowest BCUT2D eigenvalue weighted by Gasteiger charge is -2.34. The molecule has 1 aliphatic carbocycles. The number of thiol groups is 1. The van der Waals surface area contributed by atoms with Gasteiger partial charge in [0, 0.05) is 26.2 Å². The van der Waals surface area contributed by atoms with Crippen LogP contribution in [0.15, 0.2) is 0 Å². The molecule has 2 aliphatic rings. The van der Waals surface area contributed by atoms with Crippen LogP contribution in [0.25, 0.3) is 0 Å². The van der Waals surface area contributed by atoms with E-state index in [1.165, 1.54) is 45.2 Å². The molecule has 94 valence electrons. The highest BCUT2D eigenvalue weighted by atomic mass is 32.1. The van der Waals surface area contributed by atoms with Crippen LogP contribution in [0.1, 0.15) is 39.0 Å². The molecular formula is C13H25NOS. The van der Waals surface area contributed by atoms with Crippen molar-refractivity contribution in [2.75, 3.05) is 32.0 Å². The van der Waals surface area contributed by atoms with Crippen molar-refractivity contribution >= 4 is 12.6 Å². The lowest BCUT2D eigenvalue weighted by molar-refractivity contribution is 0.0612. The largest absolute Gasteiger partial charge is 0.377 e. The summed E-state index contributed by atoms with van der Waals surface area (Å²) in [5.41, 5.74) is 0.507. The summed E-state index contributed by atoms with van der Waals surface area (Å²) in [5, 5.41) is 0. The van der Waals surface area contributed by atoms with E-state index in [-0.39, 0.29) is 0 Å². The van der Waals surface area contributed by atoms with Gasteiger partial charge in [-0.25, -0.2) is 0 Å². The molecule has 1 unspecified atom stereocenters. The first kappa shape index (κ1) is 12.7. The number of hydrogen-bond donors (Lipinski definition) is 1. The van der Waals surface area contributed by atoms with Gasteiger partial charge in [-0.3, -0.25) is 0 Å². The maximum absolute atomic E-state index is 5.70. The third-order valence-corrected chi connectivity index (χ3v) is 4.77. The zero-order valence-electron chi connectivity index (χ0n) is 10.5. The average molecular weight is 243 g/mol. The highest BCUT2D eigenvalue weighted by Crippen LogP contribution is 2.39. The van der Waals surface area contributed by atoms with Crippen molar-refractivity contribution in [3.8, 4) is 0 Å². The van der Waals surface area contributed by atoms with Crippen molar-refractivity contribution in [3.05, 3.63) is 0 Å². The minimum Gasteiger partial charge on any atom is -0.377 e. The molecule has 0 radical (unpaired) electrons. The summed E-state index contributed by atoms with van der Waals surface area (Å²) in [7, 11) is 0. The molecule has 0 spiro atoms. The van der Waals surface area contributed by atoms with Gasteiger partial charge in [-0.2, -0.15) is 12.6 Å². The molecule has 0 aromatic carbocycles. The highest BCUT2D eigenvalue weighted by molar-refractivity contribution is 7.80. The van der Waals surface area contributed by atoms with Gasteiger partial charge < -0.3 is 9.64 Å². The van der Waals surface area contributed by atoms with Crippen molar-refractivity contribution in [2.24, 2.45) is 5.41 Å². The van der Waals surface area contributed by atoms with Crippen LogP contribution >= 0.6 is 12.6 Å². The van der Waals surface area contributed by atoms with Crippen LogP contribution in [0.3, 0.4) is 0 Å². The monoisotopic (exact) mass is 243 g/mol. The third kappa shape index (κ3) is 3.14. The molecule has 1 heterocycles. The molecule has 0 N–H and O–H groups in total. The van der Waals surface area contributed by atoms with Gasteiger partial charge in [0.15, 0.2) is 0 Å². The standard InChI is InChI=1S/C13H25NOS/c1-12-9-14(7-4-8-15-12)10-13(11-16)5-2-3-6-13/h12,16H,2-11H2,1H3. The van der Waals surface area contributed by atoms with E-state index >= 15 is 0 Å². The summed E-state index contributed by atoms with van der Waals surface area (Å²) in [6.45, 7) is 6.69. The van der Waals surface area contributed by atoms with E-state index in [1.807, 2.05) is 0 Å². The Labute approximate surface area is 105 Å². The van der Waals surface area contributed by atoms with E-state index in [2.05, 4.69) is 24.5 Å². The van der Waals surface area contributed by atoms with Crippen LogP contribution in [0.5, 0.6) is 0 Å². The van der Waals surface area contributed by atoms with Crippen molar-refractivity contribution in [2.45, 2.75) is 45.1 Å². The fourth-order valence-corrected chi connectivity index (χ4v) is 3.61. The van der Waals surface area contributed by atoms with Crippen LogP contribution in [0.4, 0.5) is 0 Å². The maximum Gasteiger partial charge on any atom is 0.0673 e. The number of nitrogens with zero attached hydrogens (tertiary/aromatic N) is 1. The molecule has 1 atom stereocenters. The van der Waals surface area contributed by atoms with Crippen molar-refractivity contribution in [1.82, 2.24) is 4.90 Å².